The van der Waals surface area contributed by atoms with E-state index in [0.29, 0.717) is 24.3 Å². The van der Waals surface area contributed by atoms with Crippen molar-refractivity contribution in [1.29, 1.82) is 0 Å². The predicted molar refractivity (Wildman–Crippen MR) is 111 cm³/mol. The SMILES string of the molecule is CCCOC(=O)C1=C(C)N=C2CC(C)(C)CC(=O)[C@H]2[C@H]1c1ccc(CC)cc1. The molecule has 1 aliphatic carbocycles. The van der Waals surface area contributed by atoms with Gasteiger partial charge < -0.3 is 4.74 Å². The van der Waals surface area contributed by atoms with Crippen LogP contribution in [0.5, 0.6) is 0 Å². The number of ether oxygens (including phenoxy) is 1. The van der Waals surface area contributed by atoms with E-state index in [4.69, 9.17) is 9.73 Å². The summed E-state index contributed by atoms with van der Waals surface area (Å²) in [5, 5.41) is 0. The molecule has 3 rings (SSSR count). The molecule has 0 bridgehead atoms. The number of fused-ring (bicyclic) bond motifs is 1. The molecule has 1 saturated carbocycles. The van der Waals surface area contributed by atoms with Crippen molar-refractivity contribution in [1.82, 2.24) is 0 Å². The normalized spacial score (nSPS) is 23.9. The van der Waals surface area contributed by atoms with E-state index >= 15 is 0 Å². The lowest BCUT2D eigenvalue weighted by Gasteiger charge is -2.41. The molecule has 0 N–H and O–H groups in total. The topological polar surface area (TPSA) is 55.7 Å². The standard InChI is InChI=1S/C24H31NO3/c1-6-12-28-23(27)20-15(3)25-18-13-24(4,5)14-19(26)22(18)21(20)17-10-8-16(7-2)9-11-17/h8-11,21-22H,6-7,12-14H2,1-5H3/t21-,22-/m0/s1. The summed E-state index contributed by atoms with van der Waals surface area (Å²) in [5.41, 5.74) is 4.27. The van der Waals surface area contributed by atoms with Gasteiger partial charge in [-0.05, 0) is 42.7 Å². The van der Waals surface area contributed by atoms with Gasteiger partial charge >= 0.3 is 5.97 Å². The number of carbonyl (C=O) groups is 2. The molecule has 150 valence electrons. The lowest BCUT2D eigenvalue weighted by Crippen LogP contribution is -2.44. The molecule has 2 atom stereocenters. The Morgan fingerprint density at radius 3 is 2.43 bits per heavy atom. The lowest BCUT2D eigenvalue weighted by molar-refractivity contribution is -0.139. The number of allylic oxidation sites excluding steroid dienone is 1. The van der Waals surface area contributed by atoms with Gasteiger partial charge in [-0.1, -0.05) is 52.0 Å². The van der Waals surface area contributed by atoms with Crippen LogP contribution >= 0.6 is 0 Å². The minimum Gasteiger partial charge on any atom is -0.462 e. The number of esters is 1. The van der Waals surface area contributed by atoms with E-state index in [1.165, 1.54) is 5.56 Å². The maximum absolute atomic E-state index is 13.2. The Balaban J connectivity index is 2.11. The summed E-state index contributed by atoms with van der Waals surface area (Å²) in [7, 11) is 0. The monoisotopic (exact) mass is 381 g/mol. The zero-order valence-electron chi connectivity index (χ0n) is 17.7. The summed E-state index contributed by atoms with van der Waals surface area (Å²) in [6.07, 6.45) is 3.01. The first kappa shape index (κ1) is 20.5. The summed E-state index contributed by atoms with van der Waals surface area (Å²) >= 11 is 0. The highest BCUT2D eigenvalue weighted by molar-refractivity contribution is 6.12. The van der Waals surface area contributed by atoms with E-state index in [9.17, 15) is 9.59 Å². The summed E-state index contributed by atoms with van der Waals surface area (Å²) < 4.78 is 5.48. The van der Waals surface area contributed by atoms with E-state index < -0.39 is 0 Å². The zero-order chi connectivity index (χ0) is 20.5. The van der Waals surface area contributed by atoms with Gasteiger partial charge in [0.1, 0.15) is 5.78 Å². The molecule has 1 aromatic rings. The molecule has 0 saturated heterocycles. The molecule has 1 aromatic carbocycles. The summed E-state index contributed by atoms with van der Waals surface area (Å²) in [4.78, 5) is 30.9. The largest absolute Gasteiger partial charge is 0.462 e. The van der Waals surface area contributed by atoms with Crippen molar-refractivity contribution in [3.63, 3.8) is 0 Å². The van der Waals surface area contributed by atoms with Crippen molar-refractivity contribution in [3.05, 3.63) is 46.7 Å². The molecule has 1 fully saturated rings. The molecule has 1 aliphatic heterocycles. The molecular weight excluding hydrogens is 350 g/mol. The van der Waals surface area contributed by atoms with Crippen LogP contribution in [0.4, 0.5) is 0 Å². The maximum Gasteiger partial charge on any atom is 0.336 e. The molecular formula is C24H31NO3. The average Bonchev–Trinajstić information content (AvgIpc) is 2.64. The Hall–Kier alpha value is -2.23. The first-order valence-corrected chi connectivity index (χ1v) is 10.3. The van der Waals surface area contributed by atoms with Crippen molar-refractivity contribution in [2.45, 2.75) is 66.2 Å². The molecule has 0 unspecified atom stereocenters. The highest BCUT2D eigenvalue weighted by atomic mass is 16.5. The van der Waals surface area contributed by atoms with Crippen molar-refractivity contribution in [3.8, 4) is 0 Å². The van der Waals surface area contributed by atoms with Crippen molar-refractivity contribution in [2.24, 2.45) is 16.3 Å². The number of nitrogens with zero attached hydrogens (tertiary/aromatic N) is 1. The van der Waals surface area contributed by atoms with E-state index in [-0.39, 0.29) is 29.0 Å². The van der Waals surface area contributed by atoms with Gasteiger partial charge in [-0.3, -0.25) is 9.79 Å². The van der Waals surface area contributed by atoms with Gasteiger partial charge in [0.2, 0.25) is 0 Å². The highest BCUT2D eigenvalue weighted by Crippen LogP contribution is 2.47. The van der Waals surface area contributed by atoms with Crippen molar-refractivity contribution < 1.29 is 14.3 Å². The molecule has 0 aromatic heterocycles. The number of ketones is 1. The molecule has 0 spiro atoms. The predicted octanol–water partition coefficient (Wildman–Crippen LogP) is 5.02. The minimum atomic E-state index is -0.367. The van der Waals surface area contributed by atoms with Crippen LogP contribution in [0, 0.1) is 11.3 Å². The third-order valence-corrected chi connectivity index (χ3v) is 5.77. The number of hydrogen-bond acceptors (Lipinski definition) is 4. The number of hydrogen-bond donors (Lipinski definition) is 0. The van der Waals surface area contributed by atoms with Crippen molar-refractivity contribution >= 4 is 17.5 Å². The van der Waals surface area contributed by atoms with E-state index in [1.807, 2.05) is 13.8 Å². The van der Waals surface area contributed by atoms with Crippen LogP contribution in [0.1, 0.15) is 70.9 Å². The van der Waals surface area contributed by atoms with Gasteiger partial charge in [0.25, 0.3) is 0 Å². The summed E-state index contributed by atoms with van der Waals surface area (Å²) in [5.74, 6) is -0.850. The minimum absolute atomic E-state index is 0.0937. The van der Waals surface area contributed by atoms with E-state index in [1.54, 1.807) is 0 Å². The fourth-order valence-corrected chi connectivity index (χ4v) is 4.45. The van der Waals surface area contributed by atoms with Crippen LogP contribution in [0.3, 0.4) is 0 Å². The smallest absolute Gasteiger partial charge is 0.336 e. The van der Waals surface area contributed by atoms with Gasteiger partial charge in [-0.25, -0.2) is 4.79 Å². The first-order valence-electron chi connectivity index (χ1n) is 10.3. The molecule has 4 nitrogen and oxygen atoms in total. The molecule has 0 radical (unpaired) electrons. The van der Waals surface area contributed by atoms with Crippen LogP contribution in [-0.4, -0.2) is 24.1 Å². The van der Waals surface area contributed by atoms with Gasteiger partial charge in [-0.2, -0.15) is 0 Å². The Labute approximate surface area is 168 Å². The lowest BCUT2D eigenvalue weighted by atomic mass is 9.63. The Morgan fingerprint density at radius 1 is 1.14 bits per heavy atom. The Kier molecular flexibility index (Phi) is 5.87. The van der Waals surface area contributed by atoms with Crippen LogP contribution in [-0.2, 0) is 20.7 Å². The quantitative estimate of drug-likeness (QED) is 0.673. The third-order valence-electron chi connectivity index (χ3n) is 5.77. The maximum atomic E-state index is 13.2. The van der Waals surface area contributed by atoms with Gasteiger partial charge in [0.05, 0.1) is 18.1 Å². The fourth-order valence-electron chi connectivity index (χ4n) is 4.45. The number of Topliss-reactive ketones (excluding diaryl/α,β-unsaturated/α-hetero) is 1. The number of carbonyl (C=O) groups excluding carboxylic acids is 2. The first-order chi connectivity index (χ1) is 13.3. The molecule has 2 aliphatic rings. The van der Waals surface area contributed by atoms with Crippen LogP contribution in [0.25, 0.3) is 0 Å². The van der Waals surface area contributed by atoms with Gasteiger partial charge in [0.15, 0.2) is 0 Å². The third kappa shape index (κ3) is 3.96. The second-order valence-corrected chi connectivity index (χ2v) is 8.77. The molecule has 0 amide bonds. The number of aliphatic imine (C=N–C) groups is 1. The van der Waals surface area contributed by atoms with E-state index in [0.717, 1.165) is 30.5 Å². The van der Waals surface area contributed by atoms with Crippen LogP contribution in [0.2, 0.25) is 0 Å². The van der Waals surface area contributed by atoms with Crippen LogP contribution in [0.15, 0.2) is 40.5 Å². The molecule has 4 heteroatoms. The zero-order valence-corrected chi connectivity index (χ0v) is 17.7. The summed E-state index contributed by atoms with van der Waals surface area (Å²) in [6.45, 7) is 10.5. The number of rotatable bonds is 5. The van der Waals surface area contributed by atoms with Crippen LogP contribution < -0.4 is 0 Å². The number of benzene rings is 1. The van der Waals surface area contributed by atoms with Gasteiger partial charge in [-0.15, -0.1) is 0 Å². The summed E-state index contributed by atoms with van der Waals surface area (Å²) in [6, 6.07) is 8.28. The average molecular weight is 382 g/mol. The number of aryl methyl sites for hydroxylation is 1. The second kappa shape index (κ2) is 8.02. The van der Waals surface area contributed by atoms with Gasteiger partial charge in [0, 0.05) is 23.7 Å². The molecule has 28 heavy (non-hydrogen) atoms. The molecule has 1 heterocycles. The fraction of sp³-hybridized carbons (Fsp3) is 0.542. The highest BCUT2D eigenvalue weighted by Gasteiger charge is 2.47. The van der Waals surface area contributed by atoms with Crippen molar-refractivity contribution in [2.75, 3.05) is 6.61 Å². The second-order valence-electron chi connectivity index (χ2n) is 8.77. The Morgan fingerprint density at radius 2 is 1.82 bits per heavy atom. The Bertz CT molecular complexity index is 830. The van der Waals surface area contributed by atoms with E-state index in [2.05, 4.69) is 45.0 Å².